The highest BCUT2D eigenvalue weighted by Gasteiger charge is 2.31. The molecule has 1 aliphatic heterocycles. The Morgan fingerprint density at radius 2 is 1.92 bits per heavy atom. The van der Waals surface area contributed by atoms with Crippen molar-refractivity contribution in [2.75, 3.05) is 11.1 Å². The molecule has 0 saturated carbocycles. The largest absolute Gasteiger partial charge is 0.384 e. The van der Waals surface area contributed by atoms with E-state index >= 15 is 0 Å². The number of amides is 2. The number of hydrogen-bond donors (Lipinski definition) is 3. The average Bonchev–Trinajstić information content (AvgIpc) is 3.68. The van der Waals surface area contributed by atoms with Crippen LogP contribution in [0.4, 0.5) is 11.5 Å². The molecule has 39 heavy (non-hydrogen) atoms. The average molecular weight is 559 g/mol. The van der Waals surface area contributed by atoms with Gasteiger partial charge >= 0.3 is 0 Å². The molecule has 5 aromatic rings. The number of anilines is 2. The first-order valence-corrected chi connectivity index (χ1v) is 13.8. The molecule has 6 rings (SSSR count). The van der Waals surface area contributed by atoms with E-state index in [4.69, 9.17) is 5.73 Å². The maximum atomic E-state index is 13.3. The number of nitrogens with two attached hydrogens (primary N) is 1. The number of fused-ring (bicyclic) bond motifs is 2. The number of nitrogen functional groups attached to an aromatic ring is 1. The van der Waals surface area contributed by atoms with Crippen molar-refractivity contribution in [1.82, 2.24) is 30.0 Å². The van der Waals surface area contributed by atoms with Crippen molar-refractivity contribution in [3.63, 3.8) is 0 Å². The van der Waals surface area contributed by atoms with Gasteiger partial charge in [-0.05, 0) is 24.1 Å². The van der Waals surface area contributed by atoms with E-state index in [1.165, 1.54) is 22.1 Å². The van der Waals surface area contributed by atoms with Gasteiger partial charge in [-0.1, -0.05) is 41.7 Å². The van der Waals surface area contributed by atoms with Gasteiger partial charge in [-0.25, -0.2) is 9.97 Å². The number of aryl methyl sites for hydroxylation is 1. The molecule has 4 N–H and O–H groups in total. The first kappa shape index (κ1) is 24.8. The van der Waals surface area contributed by atoms with Crippen LogP contribution in [0.2, 0.25) is 0 Å². The fourth-order valence-electron chi connectivity index (χ4n) is 4.48. The summed E-state index contributed by atoms with van der Waals surface area (Å²) in [5.41, 5.74) is 6.31. The summed E-state index contributed by atoms with van der Waals surface area (Å²) < 4.78 is 2.35. The minimum atomic E-state index is -0.720. The highest BCUT2D eigenvalue weighted by Crippen LogP contribution is 2.27. The van der Waals surface area contributed by atoms with Crippen molar-refractivity contribution >= 4 is 56.1 Å². The van der Waals surface area contributed by atoms with E-state index in [1.54, 1.807) is 12.3 Å². The Bertz CT molecular complexity index is 1760. The maximum absolute atomic E-state index is 13.3. The van der Waals surface area contributed by atoms with Gasteiger partial charge < -0.3 is 16.4 Å². The van der Waals surface area contributed by atoms with Crippen LogP contribution in [0.5, 0.6) is 0 Å². The molecule has 0 saturated heterocycles. The first-order valence-electron chi connectivity index (χ1n) is 12.1. The molecular weight excluding hydrogens is 536 g/mol. The lowest BCUT2D eigenvalue weighted by Gasteiger charge is -2.15. The highest BCUT2D eigenvalue weighted by molar-refractivity contribution is 7.19. The van der Waals surface area contributed by atoms with E-state index in [-0.39, 0.29) is 16.6 Å². The predicted octanol–water partition coefficient (Wildman–Crippen LogP) is 2.93. The fourth-order valence-corrected chi connectivity index (χ4v) is 6.28. The van der Waals surface area contributed by atoms with Crippen LogP contribution in [0, 0.1) is 0 Å². The summed E-state index contributed by atoms with van der Waals surface area (Å²) in [5.74, 6) is 0.106. The highest BCUT2D eigenvalue weighted by atomic mass is 32.1. The minimum Gasteiger partial charge on any atom is -0.384 e. The Morgan fingerprint density at radius 3 is 2.77 bits per heavy atom. The molecule has 1 aromatic carbocycles. The number of benzene rings is 1. The third-order valence-corrected chi connectivity index (χ3v) is 8.36. The van der Waals surface area contributed by atoms with Gasteiger partial charge in [0.2, 0.25) is 10.9 Å². The molecule has 196 valence electrons. The number of aromatic nitrogens is 5. The van der Waals surface area contributed by atoms with E-state index in [0.717, 1.165) is 31.9 Å². The van der Waals surface area contributed by atoms with Crippen LogP contribution >= 0.6 is 22.7 Å². The van der Waals surface area contributed by atoms with E-state index in [1.807, 2.05) is 36.4 Å². The van der Waals surface area contributed by atoms with Crippen molar-refractivity contribution in [3.05, 3.63) is 91.5 Å². The van der Waals surface area contributed by atoms with Crippen molar-refractivity contribution in [3.8, 4) is 0 Å². The van der Waals surface area contributed by atoms with Crippen LogP contribution < -0.4 is 21.9 Å². The molecule has 0 bridgehead atoms. The molecule has 0 fully saturated rings. The molecule has 13 heteroatoms. The van der Waals surface area contributed by atoms with Crippen molar-refractivity contribution < 1.29 is 9.59 Å². The summed E-state index contributed by atoms with van der Waals surface area (Å²) in [6.07, 6.45) is 4.51. The number of nitrogens with one attached hydrogen (secondary N) is 2. The summed E-state index contributed by atoms with van der Waals surface area (Å²) in [7, 11) is 0. The Morgan fingerprint density at radius 1 is 1.08 bits per heavy atom. The van der Waals surface area contributed by atoms with Gasteiger partial charge in [0.1, 0.15) is 28.4 Å². The number of hydrogen-bond acceptors (Lipinski definition) is 10. The van der Waals surface area contributed by atoms with Gasteiger partial charge in [0.25, 0.3) is 11.5 Å². The monoisotopic (exact) mass is 558 g/mol. The van der Waals surface area contributed by atoms with Crippen molar-refractivity contribution in [2.24, 2.45) is 0 Å². The second kappa shape index (κ2) is 10.3. The molecule has 4 aromatic heterocycles. The third-order valence-electron chi connectivity index (χ3n) is 6.34. The normalized spacial score (nSPS) is 14.3. The van der Waals surface area contributed by atoms with Crippen LogP contribution in [-0.4, -0.2) is 36.5 Å². The van der Waals surface area contributed by atoms with Crippen LogP contribution in [0.15, 0.2) is 59.7 Å². The molecule has 5 heterocycles. The van der Waals surface area contributed by atoms with Gasteiger partial charge in [0.05, 0.1) is 12.7 Å². The second-order valence-corrected chi connectivity index (χ2v) is 11.2. The van der Waals surface area contributed by atoms with Gasteiger partial charge in [-0.2, -0.15) is 0 Å². The first-order chi connectivity index (χ1) is 18.9. The maximum Gasteiger partial charge on any atom is 0.286 e. The zero-order valence-corrected chi connectivity index (χ0v) is 22.1. The Labute approximate surface area is 229 Å². The van der Waals surface area contributed by atoms with Crippen molar-refractivity contribution in [1.29, 1.82) is 0 Å². The predicted molar refractivity (Wildman–Crippen MR) is 149 cm³/mol. The zero-order valence-electron chi connectivity index (χ0n) is 20.5. The molecular formula is C26H22N8O3S2. The lowest BCUT2D eigenvalue weighted by atomic mass is 10.2. The van der Waals surface area contributed by atoms with Gasteiger partial charge in [-0.3, -0.25) is 19.0 Å². The molecule has 0 radical (unpaired) electrons. The zero-order chi connectivity index (χ0) is 26.9. The molecule has 2 amide bonds. The number of carbonyl (C=O) groups is 2. The number of thiophene rings is 1. The van der Waals surface area contributed by atoms with Crippen LogP contribution in [-0.2, 0) is 24.2 Å². The molecule has 0 aliphatic carbocycles. The summed E-state index contributed by atoms with van der Waals surface area (Å²) in [4.78, 5) is 48.6. The number of nitrogens with zero attached hydrogens (tertiary/aromatic N) is 5. The Balaban J connectivity index is 1.14. The molecule has 1 atom stereocenters. The summed E-state index contributed by atoms with van der Waals surface area (Å²) in [6.45, 7) is 0.310. The summed E-state index contributed by atoms with van der Waals surface area (Å²) in [5, 5.41) is 15.4. The molecule has 1 aliphatic rings. The lowest BCUT2D eigenvalue weighted by Crippen LogP contribution is -2.36. The van der Waals surface area contributed by atoms with Crippen LogP contribution in [0.25, 0.3) is 10.1 Å². The minimum absolute atomic E-state index is 0.0159. The quantitative estimate of drug-likeness (QED) is 0.275. The number of pyridine rings is 1. The van der Waals surface area contributed by atoms with E-state index in [0.29, 0.717) is 42.5 Å². The van der Waals surface area contributed by atoms with Crippen LogP contribution in [0.3, 0.4) is 0 Å². The smallest absolute Gasteiger partial charge is 0.286 e. The third kappa shape index (κ3) is 5.13. The fraction of sp³-hybridized carbons (Fsp3) is 0.192. The van der Waals surface area contributed by atoms with E-state index < -0.39 is 17.5 Å². The number of carbonyl (C=O) groups excluding carboxylic acids is 2. The summed E-state index contributed by atoms with van der Waals surface area (Å²) >= 11 is 2.68. The Kier molecular flexibility index (Phi) is 6.59. The summed E-state index contributed by atoms with van der Waals surface area (Å²) in [6, 6.07) is 12.8. The second-order valence-electron chi connectivity index (χ2n) is 9.01. The van der Waals surface area contributed by atoms with E-state index in [2.05, 4.69) is 30.8 Å². The lowest BCUT2D eigenvalue weighted by molar-refractivity contribution is -0.124. The Hall–Kier alpha value is -4.49. The van der Waals surface area contributed by atoms with Gasteiger partial charge in [-0.15, -0.1) is 21.5 Å². The SMILES string of the molecule is Nc1cc2sc(CNC(=O)[C@@H]3CCc4ncc(NC(=O)c5nnc(Cc6ccccc6)s5)c(=O)n43)cc2cn1. The van der Waals surface area contributed by atoms with Gasteiger partial charge in [0.15, 0.2) is 0 Å². The van der Waals surface area contributed by atoms with E-state index in [9.17, 15) is 14.4 Å². The molecule has 0 unspecified atom stereocenters. The molecule has 11 nitrogen and oxygen atoms in total. The standard InChI is InChI=1S/C26H22N8O3S2/c27-20-10-19-15(11-28-20)9-16(38-19)12-30-23(35)18-6-7-21-29-13-17(26(37)34(18)21)31-24(36)25-33-32-22(39-25)8-14-4-2-1-3-5-14/h1-5,9-11,13,18H,6-8,12H2,(H2,27,28)(H,30,35)(H,31,36)/t18-/m0/s1. The topological polar surface area (TPSA) is 158 Å². The van der Waals surface area contributed by atoms with Crippen molar-refractivity contribution in [2.45, 2.75) is 31.8 Å². The number of rotatable bonds is 7. The molecule has 0 spiro atoms. The van der Waals surface area contributed by atoms with Gasteiger partial charge in [0, 0.05) is 34.0 Å². The van der Waals surface area contributed by atoms with Crippen LogP contribution in [0.1, 0.15) is 43.5 Å².